The van der Waals surface area contributed by atoms with Gasteiger partial charge in [0.05, 0.1) is 25.4 Å². The second-order valence-corrected chi connectivity index (χ2v) is 4.59. The van der Waals surface area contributed by atoms with Crippen LogP contribution in [0.15, 0.2) is 18.2 Å². The number of thiocarbonyl (C=S) groups is 1. The van der Waals surface area contributed by atoms with E-state index in [1.165, 1.54) is 12.1 Å². The predicted molar refractivity (Wildman–Crippen MR) is 78.5 cm³/mol. The number of nitrogens with two attached hydrogens (primary N) is 1. The lowest BCUT2D eigenvalue weighted by molar-refractivity contribution is -0.137. The lowest BCUT2D eigenvalue weighted by Gasteiger charge is -2.14. The van der Waals surface area contributed by atoms with Crippen molar-refractivity contribution in [2.75, 3.05) is 38.8 Å². The molecule has 0 bridgehead atoms. The first-order valence-electron chi connectivity index (χ1n) is 6.18. The van der Waals surface area contributed by atoms with Crippen LogP contribution in [0, 0.1) is 0 Å². The monoisotopic (exact) mass is 322 g/mol. The second-order valence-electron chi connectivity index (χ2n) is 4.15. The molecule has 1 aromatic rings. The van der Waals surface area contributed by atoms with Crippen molar-refractivity contribution in [2.45, 2.75) is 6.18 Å². The highest BCUT2D eigenvalue weighted by Gasteiger charge is 2.34. The van der Waals surface area contributed by atoms with Crippen molar-refractivity contribution >= 4 is 22.9 Å². The first-order chi connectivity index (χ1) is 9.86. The first-order valence-corrected chi connectivity index (χ1v) is 6.58. The van der Waals surface area contributed by atoms with Crippen molar-refractivity contribution in [3.63, 3.8) is 0 Å². The number of anilines is 1. The van der Waals surface area contributed by atoms with Gasteiger partial charge < -0.3 is 20.5 Å². The quantitative estimate of drug-likeness (QED) is 0.569. The summed E-state index contributed by atoms with van der Waals surface area (Å²) < 4.78 is 48.8. The van der Waals surface area contributed by atoms with Crippen LogP contribution in [0.5, 0.6) is 0 Å². The van der Waals surface area contributed by atoms with Crippen LogP contribution in [0.2, 0.25) is 0 Å². The molecule has 8 heteroatoms. The van der Waals surface area contributed by atoms with E-state index in [9.17, 15) is 13.2 Å². The van der Waals surface area contributed by atoms with Crippen molar-refractivity contribution in [3.8, 4) is 0 Å². The lowest BCUT2D eigenvalue weighted by atomic mass is 10.1. The van der Waals surface area contributed by atoms with Gasteiger partial charge in [0.15, 0.2) is 0 Å². The molecule has 0 saturated heterocycles. The maximum absolute atomic E-state index is 12.9. The van der Waals surface area contributed by atoms with Gasteiger partial charge in [-0.25, -0.2) is 0 Å². The summed E-state index contributed by atoms with van der Waals surface area (Å²) in [5.41, 5.74) is 4.61. The summed E-state index contributed by atoms with van der Waals surface area (Å²) in [6.45, 7) is 1.66. The van der Waals surface area contributed by atoms with Gasteiger partial charge in [-0.2, -0.15) is 13.2 Å². The molecule has 4 nitrogen and oxygen atoms in total. The van der Waals surface area contributed by atoms with Gasteiger partial charge in [0.25, 0.3) is 0 Å². The second kappa shape index (κ2) is 8.16. The van der Waals surface area contributed by atoms with Gasteiger partial charge in [-0.05, 0) is 18.2 Å². The Morgan fingerprint density at radius 3 is 2.57 bits per heavy atom. The Bertz CT molecular complexity index is 481. The number of ether oxygens (including phenoxy) is 2. The van der Waals surface area contributed by atoms with E-state index < -0.39 is 11.7 Å². The minimum absolute atomic E-state index is 0.181. The molecule has 0 amide bonds. The third-order valence-electron chi connectivity index (χ3n) is 2.60. The van der Waals surface area contributed by atoms with Gasteiger partial charge in [0.2, 0.25) is 0 Å². The van der Waals surface area contributed by atoms with Crippen LogP contribution in [0.3, 0.4) is 0 Å². The van der Waals surface area contributed by atoms with Crippen LogP contribution in [-0.2, 0) is 15.7 Å². The highest BCUT2D eigenvalue weighted by atomic mass is 32.1. The van der Waals surface area contributed by atoms with E-state index in [-0.39, 0.29) is 10.6 Å². The molecule has 0 aliphatic rings. The minimum atomic E-state index is -4.51. The third-order valence-corrected chi connectivity index (χ3v) is 2.82. The topological polar surface area (TPSA) is 56.5 Å². The fourth-order valence-corrected chi connectivity index (χ4v) is 1.79. The standard InChI is InChI=1S/C13H17F3N2O2S/c1-19-6-7-20-5-4-18-9-2-3-10(12(17)21)11(8-9)13(14,15)16/h2-3,8,18H,4-7H2,1H3,(H2,17,21). The Morgan fingerprint density at radius 2 is 2.00 bits per heavy atom. The highest BCUT2D eigenvalue weighted by molar-refractivity contribution is 7.80. The summed E-state index contributed by atoms with van der Waals surface area (Å²) in [6, 6.07) is 3.75. The van der Waals surface area contributed by atoms with Gasteiger partial charge in [0, 0.05) is 24.9 Å². The molecule has 0 saturated carbocycles. The molecular formula is C13H17F3N2O2S. The number of benzene rings is 1. The van der Waals surface area contributed by atoms with Crippen LogP contribution < -0.4 is 11.1 Å². The Balaban J connectivity index is 2.66. The summed E-state index contributed by atoms with van der Waals surface area (Å²) in [6.07, 6.45) is -4.51. The minimum Gasteiger partial charge on any atom is -0.389 e. The average Bonchev–Trinajstić information content (AvgIpc) is 2.41. The maximum atomic E-state index is 12.9. The molecule has 0 aliphatic heterocycles. The van der Waals surface area contributed by atoms with Crippen molar-refractivity contribution in [1.29, 1.82) is 0 Å². The SMILES string of the molecule is COCCOCCNc1ccc(C(N)=S)c(C(F)(F)F)c1. The predicted octanol–water partition coefficient (Wildman–Crippen LogP) is 2.41. The zero-order chi connectivity index (χ0) is 15.9. The highest BCUT2D eigenvalue weighted by Crippen LogP contribution is 2.33. The molecule has 0 spiro atoms. The number of hydrogen-bond acceptors (Lipinski definition) is 4. The van der Waals surface area contributed by atoms with E-state index in [1.807, 2.05) is 0 Å². The van der Waals surface area contributed by atoms with Crippen LogP contribution in [0.25, 0.3) is 0 Å². The number of rotatable bonds is 8. The number of hydrogen-bond donors (Lipinski definition) is 2. The van der Waals surface area contributed by atoms with E-state index in [4.69, 9.17) is 15.2 Å². The Labute approximate surface area is 126 Å². The molecule has 1 aromatic carbocycles. The molecular weight excluding hydrogens is 305 g/mol. The largest absolute Gasteiger partial charge is 0.417 e. The summed E-state index contributed by atoms with van der Waals surface area (Å²) >= 11 is 4.63. The molecule has 21 heavy (non-hydrogen) atoms. The molecule has 0 heterocycles. The normalized spacial score (nSPS) is 11.4. The van der Waals surface area contributed by atoms with E-state index >= 15 is 0 Å². The van der Waals surface area contributed by atoms with Crippen molar-refractivity contribution in [3.05, 3.63) is 29.3 Å². The van der Waals surface area contributed by atoms with Crippen LogP contribution in [0.1, 0.15) is 11.1 Å². The van der Waals surface area contributed by atoms with E-state index in [0.29, 0.717) is 32.1 Å². The number of nitrogens with one attached hydrogen (secondary N) is 1. The Kier molecular flexibility index (Phi) is 6.86. The summed E-state index contributed by atoms with van der Waals surface area (Å²) in [7, 11) is 1.56. The van der Waals surface area contributed by atoms with Crippen molar-refractivity contribution < 1.29 is 22.6 Å². The average molecular weight is 322 g/mol. The van der Waals surface area contributed by atoms with E-state index in [1.54, 1.807) is 7.11 Å². The number of methoxy groups -OCH3 is 1. The molecule has 0 aliphatic carbocycles. The van der Waals surface area contributed by atoms with Crippen LogP contribution in [-0.4, -0.2) is 38.5 Å². The molecule has 1 rings (SSSR count). The molecule has 3 N–H and O–H groups in total. The van der Waals surface area contributed by atoms with Gasteiger partial charge in [-0.1, -0.05) is 12.2 Å². The number of halogens is 3. The van der Waals surface area contributed by atoms with E-state index in [0.717, 1.165) is 6.07 Å². The molecule has 118 valence electrons. The van der Waals surface area contributed by atoms with Gasteiger partial charge in [-0.3, -0.25) is 0 Å². The van der Waals surface area contributed by atoms with Crippen LogP contribution >= 0.6 is 12.2 Å². The molecule has 0 atom stereocenters. The summed E-state index contributed by atoms with van der Waals surface area (Å²) in [4.78, 5) is -0.281. The van der Waals surface area contributed by atoms with Gasteiger partial charge in [-0.15, -0.1) is 0 Å². The fourth-order valence-electron chi connectivity index (χ4n) is 1.62. The molecule has 0 fully saturated rings. The summed E-state index contributed by atoms with van der Waals surface area (Å²) in [5, 5.41) is 2.85. The zero-order valence-electron chi connectivity index (χ0n) is 11.5. The summed E-state index contributed by atoms with van der Waals surface area (Å²) in [5.74, 6) is 0. The maximum Gasteiger partial charge on any atom is 0.417 e. The van der Waals surface area contributed by atoms with Gasteiger partial charge >= 0.3 is 6.18 Å². The van der Waals surface area contributed by atoms with Crippen LogP contribution in [0.4, 0.5) is 18.9 Å². The zero-order valence-corrected chi connectivity index (χ0v) is 12.3. The lowest BCUT2D eigenvalue weighted by Crippen LogP contribution is -2.19. The Morgan fingerprint density at radius 1 is 1.29 bits per heavy atom. The third kappa shape index (κ3) is 5.86. The molecule has 0 radical (unpaired) electrons. The van der Waals surface area contributed by atoms with Crippen molar-refractivity contribution in [2.24, 2.45) is 5.73 Å². The van der Waals surface area contributed by atoms with Gasteiger partial charge in [0.1, 0.15) is 4.99 Å². The smallest absolute Gasteiger partial charge is 0.389 e. The molecule has 0 unspecified atom stereocenters. The number of alkyl halides is 3. The Hall–Kier alpha value is -1.38. The van der Waals surface area contributed by atoms with E-state index in [2.05, 4.69) is 17.5 Å². The van der Waals surface area contributed by atoms with Crippen molar-refractivity contribution in [1.82, 2.24) is 0 Å². The fraction of sp³-hybridized carbons (Fsp3) is 0.462. The molecule has 0 aromatic heterocycles. The first kappa shape index (κ1) is 17.7.